The lowest BCUT2D eigenvalue weighted by molar-refractivity contribution is 0.465. The molecule has 4 nitrogen and oxygen atoms in total. The van der Waals surface area contributed by atoms with Crippen LogP contribution in [0.3, 0.4) is 0 Å². The van der Waals surface area contributed by atoms with Crippen molar-refractivity contribution < 1.29 is 0 Å². The summed E-state index contributed by atoms with van der Waals surface area (Å²) in [6.07, 6.45) is 7.23. The minimum atomic E-state index is 0. The highest BCUT2D eigenvalue weighted by Gasteiger charge is 2.06. The van der Waals surface area contributed by atoms with E-state index in [0.29, 0.717) is 6.54 Å². The summed E-state index contributed by atoms with van der Waals surface area (Å²) in [6, 6.07) is 4.12. The third kappa shape index (κ3) is 4.69. The quantitative estimate of drug-likeness (QED) is 0.387. The van der Waals surface area contributed by atoms with Crippen LogP contribution in [-0.2, 0) is 13.6 Å². The number of rotatable bonds is 3. The molecule has 0 aromatic carbocycles. The lowest BCUT2D eigenvalue weighted by atomic mass is 10.4. The Hall–Kier alpha value is -1.16. The molecule has 0 unspecified atom stereocenters. The Morgan fingerprint density at radius 3 is 2.82 bits per heavy atom. The molecule has 0 aliphatic heterocycles. The molecule has 0 bridgehead atoms. The molecular formula is C12H19IN4. The lowest BCUT2D eigenvalue weighted by Crippen LogP contribution is -2.38. The number of aromatic nitrogens is 1. The fourth-order valence-electron chi connectivity index (χ4n) is 1.49. The van der Waals surface area contributed by atoms with Crippen LogP contribution < -0.4 is 5.32 Å². The number of halogens is 1. The van der Waals surface area contributed by atoms with Crippen molar-refractivity contribution in [2.45, 2.75) is 6.54 Å². The highest BCUT2D eigenvalue weighted by atomic mass is 127. The molecule has 0 aliphatic rings. The molecule has 0 radical (unpaired) electrons. The zero-order valence-corrected chi connectivity index (χ0v) is 12.8. The second-order valence-electron chi connectivity index (χ2n) is 3.57. The van der Waals surface area contributed by atoms with Crippen molar-refractivity contribution in [3.05, 3.63) is 24.0 Å². The molecule has 17 heavy (non-hydrogen) atoms. The van der Waals surface area contributed by atoms with Crippen LogP contribution in [0.15, 0.2) is 23.3 Å². The van der Waals surface area contributed by atoms with E-state index in [2.05, 4.69) is 26.9 Å². The molecule has 1 N–H and O–H groups in total. The van der Waals surface area contributed by atoms with Crippen molar-refractivity contribution >= 4 is 29.9 Å². The van der Waals surface area contributed by atoms with Gasteiger partial charge in [0.05, 0.1) is 13.1 Å². The first-order valence-corrected chi connectivity index (χ1v) is 5.14. The van der Waals surface area contributed by atoms with Crippen LogP contribution in [-0.4, -0.2) is 36.1 Å². The largest absolute Gasteiger partial charge is 0.353 e. The van der Waals surface area contributed by atoms with Crippen LogP contribution in [0.2, 0.25) is 0 Å². The number of aliphatic imine (C=N–C) groups is 1. The highest BCUT2D eigenvalue weighted by molar-refractivity contribution is 14.0. The molecule has 0 atom stereocenters. The van der Waals surface area contributed by atoms with Gasteiger partial charge < -0.3 is 14.8 Å². The summed E-state index contributed by atoms with van der Waals surface area (Å²) < 4.78 is 2.09. The van der Waals surface area contributed by atoms with Crippen molar-refractivity contribution in [2.75, 3.05) is 20.6 Å². The predicted octanol–water partition coefficient (Wildman–Crippen LogP) is 1.28. The van der Waals surface area contributed by atoms with Crippen LogP contribution >= 0.6 is 24.0 Å². The van der Waals surface area contributed by atoms with E-state index < -0.39 is 0 Å². The van der Waals surface area contributed by atoms with Gasteiger partial charge in [0.25, 0.3) is 0 Å². The number of nitrogens with zero attached hydrogens (tertiary/aromatic N) is 3. The Bertz CT molecular complexity index is 403. The second-order valence-corrected chi connectivity index (χ2v) is 3.57. The fourth-order valence-corrected chi connectivity index (χ4v) is 1.49. The second kappa shape index (κ2) is 8.01. The molecule has 1 rings (SSSR count). The van der Waals surface area contributed by atoms with Gasteiger partial charge in [-0.25, -0.2) is 0 Å². The Kier molecular flexibility index (Phi) is 7.46. The van der Waals surface area contributed by atoms with E-state index in [-0.39, 0.29) is 24.0 Å². The summed E-state index contributed by atoms with van der Waals surface area (Å²) in [5.41, 5.74) is 1.23. The first-order valence-electron chi connectivity index (χ1n) is 5.14. The van der Waals surface area contributed by atoms with E-state index in [1.807, 2.05) is 31.3 Å². The van der Waals surface area contributed by atoms with Crippen molar-refractivity contribution in [1.29, 1.82) is 0 Å². The minimum absolute atomic E-state index is 0. The lowest BCUT2D eigenvalue weighted by Gasteiger charge is -2.21. The number of nitrogens with one attached hydrogen (secondary N) is 1. The molecule has 0 saturated heterocycles. The Morgan fingerprint density at radius 2 is 2.35 bits per heavy atom. The van der Waals surface area contributed by atoms with E-state index in [4.69, 9.17) is 6.42 Å². The van der Waals surface area contributed by atoms with Crippen molar-refractivity contribution in [3.8, 4) is 12.3 Å². The highest BCUT2D eigenvalue weighted by Crippen LogP contribution is 2.03. The zero-order valence-electron chi connectivity index (χ0n) is 10.5. The summed E-state index contributed by atoms with van der Waals surface area (Å²) in [5.74, 6) is 3.34. The number of terminal acetylenes is 1. The molecule has 1 heterocycles. The Morgan fingerprint density at radius 1 is 1.65 bits per heavy atom. The summed E-state index contributed by atoms with van der Waals surface area (Å²) >= 11 is 0. The molecule has 5 heteroatoms. The number of hydrogen-bond donors (Lipinski definition) is 1. The maximum atomic E-state index is 5.20. The van der Waals surface area contributed by atoms with Gasteiger partial charge in [-0.05, 0) is 12.1 Å². The monoisotopic (exact) mass is 346 g/mol. The summed E-state index contributed by atoms with van der Waals surface area (Å²) in [5, 5.41) is 3.08. The van der Waals surface area contributed by atoms with Crippen LogP contribution in [0.25, 0.3) is 0 Å². The molecule has 0 amide bonds. The predicted molar refractivity (Wildman–Crippen MR) is 82.5 cm³/mol. The Labute approximate surface area is 120 Å². The van der Waals surface area contributed by atoms with Gasteiger partial charge in [-0.1, -0.05) is 5.92 Å². The van der Waals surface area contributed by atoms with Gasteiger partial charge >= 0.3 is 0 Å². The van der Waals surface area contributed by atoms with Crippen LogP contribution in [0, 0.1) is 12.3 Å². The standard InChI is InChI=1S/C12H18N4.HI/c1-5-8-14-12(13-2)16(4)10-11-7-6-9-15(11)3;/h1,6-7,9H,8,10H2,2-4H3,(H,13,14);1H. The van der Waals surface area contributed by atoms with Crippen molar-refractivity contribution in [2.24, 2.45) is 12.0 Å². The first-order chi connectivity index (χ1) is 7.69. The van der Waals surface area contributed by atoms with Crippen molar-refractivity contribution in [1.82, 2.24) is 14.8 Å². The van der Waals surface area contributed by atoms with Gasteiger partial charge in [-0.3, -0.25) is 4.99 Å². The van der Waals surface area contributed by atoms with Crippen LogP contribution in [0.4, 0.5) is 0 Å². The summed E-state index contributed by atoms with van der Waals surface area (Å²) in [7, 11) is 5.76. The molecular weight excluding hydrogens is 327 g/mol. The van der Waals surface area contributed by atoms with Gasteiger partial charge in [0, 0.05) is 33.0 Å². The van der Waals surface area contributed by atoms with Crippen LogP contribution in [0.5, 0.6) is 0 Å². The SMILES string of the molecule is C#CCNC(=NC)N(C)Cc1cccn1C.I. The van der Waals surface area contributed by atoms with Crippen molar-refractivity contribution in [3.63, 3.8) is 0 Å². The molecule has 0 aliphatic carbocycles. The maximum Gasteiger partial charge on any atom is 0.194 e. The average molecular weight is 346 g/mol. The minimum Gasteiger partial charge on any atom is -0.353 e. The third-order valence-electron chi connectivity index (χ3n) is 2.37. The molecule has 0 spiro atoms. The fraction of sp³-hybridized carbons (Fsp3) is 0.417. The number of aryl methyl sites for hydroxylation is 1. The van der Waals surface area contributed by atoms with E-state index in [9.17, 15) is 0 Å². The topological polar surface area (TPSA) is 32.6 Å². The molecule has 1 aromatic heterocycles. The van der Waals surface area contributed by atoms with E-state index in [1.54, 1.807) is 7.05 Å². The summed E-state index contributed by atoms with van der Waals surface area (Å²) in [6.45, 7) is 1.29. The maximum absolute atomic E-state index is 5.20. The van der Waals surface area contributed by atoms with Gasteiger partial charge in [0.15, 0.2) is 5.96 Å². The Balaban J connectivity index is 0.00000256. The van der Waals surface area contributed by atoms with E-state index in [1.165, 1.54) is 5.69 Å². The van der Waals surface area contributed by atoms with Gasteiger partial charge in [-0.15, -0.1) is 30.4 Å². The molecule has 94 valence electrons. The molecule has 1 aromatic rings. The van der Waals surface area contributed by atoms with Gasteiger partial charge in [-0.2, -0.15) is 0 Å². The van der Waals surface area contributed by atoms with Gasteiger partial charge in [0.1, 0.15) is 0 Å². The van der Waals surface area contributed by atoms with Gasteiger partial charge in [0.2, 0.25) is 0 Å². The number of guanidine groups is 1. The number of hydrogen-bond acceptors (Lipinski definition) is 1. The zero-order chi connectivity index (χ0) is 12.0. The summed E-state index contributed by atoms with van der Waals surface area (Å²) in [4.78, 5) is 6.20. The smallest absolute Gasteiger partial charge is 0.194 e. The van der Waals surface area contributed by atoms with Crippen LogP contribution in [0.1, 0.15) is 5.69 Å². The third-order valence-corrected chi connectivity index (χ3v) is 2.37. The van der Waals surface area contributed by atoms with E-state index in [0.717, 1.165) is 12.5 Å². The molecule has 0 saturated carbocycles. The molecule has 0 fully saturated rings. The normalized spacial score (nSPS) is 10.4. The average Bonchev–Trinajstić information content (AvgIpc) is 2.65. The first kappa shape index (κ1) is 15.8. The van der Waals surface area contributed by atoms with E-state index >= 15 is 0 Å².